The molecule has 0 spiro atoms. The molecule has 0 radical (unpaired) electrons. The molecule has 4 rings (SSSR count). The minimum atomic E-state index is -0.900. The van der Waals surface area contributed by atoms with Crippen LogP contribution in [-0.2, 0) is 22.4 Å². The largest absolute Gasteiger partial charge is 0.478 e. The highest BCUT2D eigenvalue weighted by Crippen LogP contribution is 2.46. The molecule has 2 aliphatic rings. The number of ketones is 1. The van der Waals surface area contributed by atoms with E-state index in [1.165, 1.54) is 0 Å². The summed E-state index contributed by atoms with van der Waals surface area (Å²) in [5, 5.41) is 9.03. The molecule has 0 amide bonds. The van der Waals surface area contributed by atoms with Gasteiger partial charge in [0, 0.05) is 12.3 Å². The van der Waals surface area contributed by atoms with Crippen LogP contribution in [0.5, 0.6) is 0 Å². The van der Waals surface area contributed by atoms with E-state index in [2.05, 4.69) is 6.08 Å². The van der Waals surface area contributed by atoms with E-state index in [4.69, 9.17) is 9.84 Å². The fourth-order valence-electron chi connectivity index (χ4n) is 4.68. The lowest BCUT2D eigenvalue weighted by molar-refractivity contribution is -0.114. The van der Waals surface area contributed by atoms with Crippen molar-refractivity contribution in [3.05, 3.63) is 83.4 Å². The number of carboxylic acid groups (broad SMARTS) is 1. The Hall–Kier alpha value is -2.72. The van der Waals surface area contributed by atoms with Gasteiger partial charge < -0.3 is 9.84 Å². The summed E-state index contributed by atoms with van der Waals surface area (Å²) in [6.07, 6.45) is 8.78. The third-order valence-electron chi connectivity index (χ3n) is 6.18. The lowest BCUT2D eigenvalue weighted by Gasteiger charge is -2.25. The van der Waals surface area contributed by atoms with Crippen LogP contribution >= 0.6 is 0 Å². The normalized spacial score (nSPS) is 25.5. The Morgan fingerprint density at radius 1 is 0.966 bits per heavy atom. The number of allylic oxidation sites excluding steroid dienone is 1. The molecule has 150 valence electrons. The zero-order chi connectivity index (χ0) is 20.2. The maximum Gasteiger partial charge on any atom is 0.335 e. The van der Waals surface area contributed by atoms with Crippen LogP contribution < -0.4 is 0 Å². The van der Waals surface area contributed by atoms with E-state index in [1.54, 1.807) is 18.2 Å². The summed E-state index contributed by atoms with van der Waals surface area (Å²) in [6.45, 7) is 0. The van der Waals surface area contributed by atoms with Gasteiger partial charge in [0.15, 0.2) is 5.78 Å². The van der Waals surface area contributed by atoms with Crippen molar-refractivity contribution in [1.82, 2.24) is 0 Å². The molecular formula is C25H26O4. The van der Waals surface area contributed by atoms with Gasteiger partial charge in [0.05, 0.1) is 17.8 Å². The highest BCUT2D eigenvalue weighted by atomic mass is 16.5. The van der Waals surface area contributed by atoms with E-state index in [1.807, 2.05) is 42.5 Å². The summed E-state index contributed by atoms with van der Waals surface area (Å²) >= 11 is 0. The Morgan fingerprint density at radius 2 is 1.69 bits per heavy atom. The monoisotopic (exact) mass is 390 g/mol. The van der Waals surface area contributed by atoms with Crippen molar-refractivity contribution < 1.29 is 19.4 Å². The first-order valence-electron chi connectivity index (χ1n) is 10.3. The minimum absolute atomic E-state index is 0.127. The van der Waals surface area contributed by atoms with Crippen LogP contribution in [0.15, 0.2) is 66.7 Å². The van der Waals surface area contributed by atoms with Gasteiger partial charge in [-0.1, -0.05) is 48.5 Å². The first-order valence-corrected chi connectivity index (χ1v) is 10.3. The summed E-state index contributed by atoms with van der Waals surface area (Å²) < 4.78 is 6.15. The summed E-state index contributed by atoms with van der Waals surface area (Å²) in [5.74, 6) is -0.0779. The standard InChI is InChI=1S/C25H26O4/c26-20(16-18-4-2-1-3-5-18)11-13-22-21(23-14-15-24(22)29-23)12-8-17-6-9-19(10-7-17)25(27)28/h1-7,9-11,13,21-24H,8,12,14-16H2,(H,27,28)/b13-11+/t21-,22-,23+,24-/m0/s1. The molecule has 2 saturated heterocycles. The minimum Gasteiger partial charge on any atom is -0.478 e. The van der Waals surface area contributed by atoms with Crippen molar-refractivity contribution in [2.45, 2.75) is 44.3 Å². The van der Waals surface area contributed by atoms with E-state index in [9.17, 15) is 9.59 Å². The first kappa shape index (κ1) is 19.6. The van der Waals surface area contributed by atoms with Gasteiger partial charge >= 0.3 is 5.97 Å². The Kier molecular flexibility index (Phi) is 5.91. The second-order valence-corrected chi connectivity index (χ2v) is 8.06. The fraction of sp³-hybridized carbons (Fsp3) is 0.360. The molecule has 2 aromatic rings. The van der Waals surface area contributed by atoms with Gasteiger partial charge in [0.1, 0.15) is 0 Å². The zero-order valence-electron chi connectivity index (χ0n) is 16.4. The number of carboxylic acids is 1. The van der Waals surface area contributed by atoms with E-state index >= 15 is 0 Å². The number of aryl methyl sites for hydroxylation is 1. The number of hydrogen-bond acceptors (Lipinski definition) is 3. The van der Waals surface area contributed by atoms with Crippen LogP contribution in [0.3, 0.4) is 0 Å². The third kappa shape index (κ3) is 4.65. The van der Waals surface area contributed by atoms with Crippen LogP contribution in [0.4, 0.5) is 0 Å². The number of ether oxygens (including phenoxy) is 1. The van der Waals surface area contributed by atoms with Gasteiger partial charge in [-0.3, -0.25) is 4.79 Å². The summed E-state index contributed by atoms with van der Waals surface area (Å²) in [6, 6.07) is 16.9. The molecule has 2 heterocycles. The smallest absolute Gasteiger partial charge is 0.335 e. The van der Waals surface area contributed by atoms with E-state index in [0.717, 1.165) is 36.8 Å². The van der Waals surface area contributed by atoms with Gasteiger partial charge in [-0.2, -0.15) is 0 Å². The maximum absolute atomic E-state index is 12.4. The van der Waals surface area contributed by atoms with Gasteiger partial charge in [-0.15, -0.1) is 0 Å². The number of fused-ring (bicyclic) bond motifs is 2. The molecule has 0 aromatic heterocycles. The van der Waals surface area contributed by atoms with Crippen molar-refractivity contribution in [3.63, 3.8) is 0 Å². The van der Waals surface area contributed by atoms with Gasteiger partial charge in [0.2, 0.25) is 0 Å². The second-order valence-electron chi connectivity index (χ2n) is 8.06. The lowest BCUT2D eigenvalue weighted by Crippen LogP contribution is -2.26. The van der Waals surface area contributed by atoms with Crippen LogP contribution in [0.2, 0.25) is 0 Å². The molecular weight excluding hydrogens is 364 g/mol. The molecule has 2 aromatic carbocycles. The Labute approximate surface area is 171 Å². The number of rotatable bonds is 8. The average molecular weight is 390 g/mol. The average Bonchev–Trinajstić information content (AvgIpc) is 3.33. The molecule has 0 aliphatic carbocycles. The van der Waals surface area contributed by atoms with Gasteiger partial charge in [-0.25, -0.2) is 4.79 Å². The van der Waals surface area contributed by atoms with Crippen molar-refractivity contribution in [2.75, 3.05) is 0 Å². The molecule has 29 heavy (non-hydrogen) atoms. The lowest BCUT2D eigenvalue weighted by atomic mass is 9.76. The quantitative estimate of drug-likeness (QED) is 0.675. The molecule has 0 saturated carbocycles. The Bertz CT molecular complexity index is 885. The summed E-state index contributed by atoms with van der Waals surface area (Å²) in [4.78, 5) is 23.4. The predicted molar refractivity (Wildman–Crippen MR) is 111 cm³/mol. The SMILES string of the molecule is O=C(/C=C/[C@H]1[C@H](CCc2ccc(C(=O)O)cc2)[C@H]2CC[C@@H]1O2)Cc1ccccc1. The first-order chi connectivity index (χ1) is 14.1. The molecule has 0 unspecified atom stereocenters. The highest BCUT2D eigenvalue weighted by Gasteiger charge is 2.47. The molecule has 4 nitrogen and oxygen atoms in total. The van der Waals surface area contributed by atoms with Crippen molar-refractivity contribution in [2.24, 2.45) is 11.8 Å². The molecule has 2 bridgehead atoms. The fourth-order valence-corrected chi connectivity index (χ4v) is 4.68. The number of benzene rings is 2. The van der Waals surface area contributed by atoms with Gasteiger partial charge in [-0.05, 0) is 60.9 Å². The number of hydrogen-bond donors (Lipinski definition) is 1. The van der Waals surface area contributed by atoms with Crippen LogP contribution in [0, 0.1) is 11.8 Å². The number of carbonyl (C=O) groups excluding carboxylic acids is 1. The topological polar surface area (TPSA) is 63.6 Å². The molecule has 4 atom stereocenters. The number of carbonyl (C=O) groups is 2. The Balaban J connectivity index is 1.37. The second kappa shape index (κ2) is 8.75. The molecule has 2 fully saturated rings. The number of aromatic carboxylic acids is 1. The van der Waals surface area contributed by atoms with Crippen LogP contribution in [-0.4, -0.2) is 29.1 Å². The molecule has 1 N–H and O–H groups in total. The van der Waals surface area contributed by atoms with E-state index < -0.39 is 5.97 Å². The molecule has 4 heteroatoms. The predicted octanol–water partition coefficient (Wildman–Crippen LogP) is 4.48. The Morgan fingerprint density at radius 3 is 2.41 bits per heavy atom. The van der Waals surface area contributed by atoms with E-state index in [-0.39, 0.29) is 23.9 Å². The van der Waals surface area contributed by atoms with Crippen molar-refractivity contribution >= 4 is 11.8 Å². The zero-order valence-corrected chi connectivity index (χ0v) is 16.4. The highest BCUT2D eigenvalue weighted by molar-refractivity contribution is 5.91. The van der Waals surface area contributed by atoms with Crippen LogP contribution in [0.1, 0.15) is 40.7 Å². The summed E-state index contributed by atoms with van der Waals surface area (Å²) in [7, 11) is 0. The van der Waals surface area contributed by atoms with E-state index in [0.29, 0.717) is 17.9 Å². The maximum atomic E-state index is 12.4. The van der Waals surface area contributed by atoms with Crippen LogP contribution in [0.25, 0.3) is 0 Å². The third-order valence-corrected chi connectivity index (χ3v) is 6.18. The summed E-state index contributed by atoms with van der Waals surface area (Å²) in [5.41, 5.74) is 2.49. The van der Waals surface area contributed by atoms with Gasteiger partial charge in [0.25, 0.3) is 0 Å². The van der Waals surface area contributed by atoms with Crippen molar-refractivity contribution in [3.8, 4) is 0 Å². The molecule has 2 aliphatic heterocycles. The van der Waals surface area contributed by atoms with Crippen molar-refractivity contribution in [1.29, 1.82) is 0 Å².